The summed E-state index contributed by atoms with van der Waals surface area (Å²) in [5.41, 5.74) is 0. The molecule has 0 spiro atoms. The topological polar surface area (TPSA) is 48.9 Å². The first kappa shape index (κ1) is 21.9. The molecule has 1 atom stereocenters. The molecule has 5 nitrogen and oxygen atoms in total. The molecular formula is C16H35IN4O. The van der Waals surface area contributed by atoms with Crippen molar-refractivity contribution in [3.05, 3.63) is 0 Å². The minimum atomic E-state index is 0. The van der Waals surface area contributed by atoms with E-state index in [2.05, 4.69) is 27.4 Å². The third-order valence-corrected chi connectivity index (χ3v) is 3.87. The first-order valence-electron chi connectivity index (χ1n) is 8.50. The van der Waals surface area contributed by atoms with Crippen LogP contribution in [0.3, 0.4) is 0 Å². The fourth-order valence-electron chi connectivity index (χ4n) is 2.75. The molecule has 0 aromatic heterocycles. The maximum Gasteiger partial charge on any atom is 0.190 e. The fourth-order valence-corrected chi connectivity index (χ4v) is 2.75. The molecule has 0 bridgehead atoms. The summed E-state index contributed by atoms with van der Waals surface area (Å²) in [5, 5.41) is 6.70. The van der Waals surface area contributed by atoms with Gasteiger partial charge in [0.1, 0.15) is 0 Å². The Morgan fingerprint density at radius 2 is 2.00 bits per heavy atom. The monoisotopic (exact) mass is 426 g/mol. The van der Waals surface area contributed by atoms with Gasteiger partial charge in [-0.2, -0.15) is 0 Å². The highest BCUT2D eigenvalue weighted by molar-refractivity contribution is 14.0. The highest BCUT2D eigenvalue weighted by Gasteiger charge is 2.15. The summed E-state index contributed by atoms with van der Waals surface area (Å²) in [4.78, 5) is 6.83. The highest BCUT2D eigenvalue weighted by atomic mass is 127. The average molecular weight is 426 g/mol. The summed E-state index contributed by atoms with van der Waals surface area (Å²) in [6, 6.07) is 0. The van der Waals surface area contributed by atoms with Crippen molar-refractivity contribution in [3.8, 4) is 0 Å². The molecule has 22 heavy (non-hydrogen) atoms. The summed E-state index contributed by atoms with van der Waals surface area (Å²) in [5.74, 6) is 1.77. The quantitative estimate of drug-likeness (QED) is 0.257. The van der Waals surface area contributed by atoms with Crippen LogP contribution in [0, 0.1) is 5.92 Å². The van der Waals surface area contributed by atoms with Crippen LogP contribution in [0.4, 0.5) is 0 Å². The number of guanidine groups is 1. The molecule has 6 heteroatoms. The number of hydrogen-bond donors (Lipinski definition) is 2. The second-order valence-electron chi connectivity index (χ2n) is 5.88. The summed E-state index contributed by atoms with van der Waals surface area (Å²) in [7, 11) is 1.82. The third-order valence-electron chi connectivity index (χ3n) is 3.87. The predicted octanol–water partition coefficient (Wildman–Crippen LogP) is 2.32. The van der Waals surface area contributed by atoms with E-state index in [9.17, 15) is 0 Å². The minimum Gasteiger partial charge on any atom is -0.382 e. The number of aliphatic imine (C=N–C) groups is 1. The summed E-state index contributed by atoms with van der Waals surface area (Å²) < 4.78 is 5.32. The number of hydrogen-bond acceptors (Lipinski definition) is 3. The Balaban J connectivity index is 0.00000441. The number of likely N-dealkylation sites (tertiary alicyclic amines) is 1. The molecule has 0 aliphatic carbocycles. The van der Waals surface area contributed by atoms with Crippen molar-refractivity contribution in [3.63, 3.8) is 0 Å². The molecule has 0 amide bonds. The van der Waals surface area contributed by atoms with Gasteiger partial charge >= 0.3 is 0 Å². The molecule has 1 heterocycles. The van der Waals surface area contributed by atoms with E-state index in [1.165, 1.54) is 38.9 Å². The maximum absolute atomic E-state index is 5.32. The fraction of sp³-hybridized carbons (Fsp3) is 0.938. The van der Waals surface area contributed by atoms with E-state index in [1.807, 2.05) is 14.0 Å². The largest absolute Gasteiger partial charge is 0.382 e. The molecule has 0 aromatic rings. The van der Waals surface area contributed by atoms with Gasteiger partial charge in [-0.05, 0) is 51.6 Å². The Hall–Kier alpha value is -0.0800. The first-order valence-corrected chi connectivity index (χ1v) is 8.50. The van der Waals surface area contributed by atoms with Crippen molar-refractivity contribution >= 4 is 29.9 Å². The van der Waals surface area contributed by atoms with Crippen LogP contribution in [0.15, 0.2) is 4.99 Å². The van der Waals surface area contributed by atoms with Gasteiger partial charge in [0.2, 0.25) is 0 Å². The number of nitrogens with one attached hydrogen (secondary N) is 2. The Morgan fingerprint density at radius 3 is 2.64 bits per heavy atom. The third kappa shape index (κ3) is 10.6. The average Bonchev–Trinajstić information content (AvgIpc) is 2.49. The lowest BCUT2D eigenvalue weighted by molar-refractivity contribution is 0.145. The molecule has 1 aliphatic rings. The van der Waals surface area contributed by atoms with Crippen LogP contribution < -0.4 is 10.6 Å². The molecule has 0 saturated carbocycles. The number of piperidine rings is 1. The molecule has 1 saturated heterocycles. The Morgan fingerprint density at radius 1 is 1.27 bits per heavy atom. The summed E-state index contributed by atoms with van der Waals surface area (Å²) in [6.07, 6.45) is 4.94. The predicted molar refractivity (Wildman–Crippen MR) is 105 cm³/mol. The standard InChI is InChI=1S/C16H34N4O.HI/c1-4-21-13-7-10-19-16(17-3)18-9-6-12-20-11-5-8-15(2)14-20;/h15H,4-14H2,1-3H3,(H2,17,18,19);1H. The summed E-state index contributed by atoms with van der Waals surface area (Å²) in [6.45, 7) is 11.6. The van der Waals surface area contributed by atoms with Crippen molar-refractivity contribution in [1.82, 2.24) is 15.5 Å². The lowest BCUT2D eigenvalue weighted by atomic mass is 10.0. The van der Waals surface area contributed by atoms with Crippen molar-refractivity contribution in [2.45, 2.75) is 39.5 Å². The second kappa shape index (κ2) is 14.5. The normalized spacial score (nSPS) is 19.6. The van der Waals surface area contributed by atoms with Crippen LogP contribution in [-0.4, -0.2) is 63.8 Å². The zero-order valence-corrected chi connectivity index (χ0v) is 16.9. The Labute approximate surface area is 153 Å². The zero-order valence-electron chi connectivity index (χ0n) is 14.6. The van der Waals surface area contributed by atoms with Gasteiger partial charge < -0.3 is 20.3 Å². The molecule has 1 unspecified atom stereocenters. The van der Waals surface area contributed by atoms with Gasteiger partial charge in [-0.3, -0.25) is 4.99 Å². The lowest BCUT2D eigenvalue weighted by Crippen LogP contribution is -2.40. The van der Waals surface area contributed by atoms with Crippen LogP contribution in [0.1, 0.15) is 39.5 Å². The van der Waals surface area contributed by atoms with Crippen LogP contribution in [0.2, 0.25) is 0 Å². The van der Waals surface area contributed by atoms with Gasteiger partial charge in [-0.25, -0.2) is 0 Å². The molecule has 2 N–H and O–H groups in total. The van der Waals surface area contributed by atoms with Crippen LogP contribution in [0.25, 0.3) is 0 Å². The van der Waals surface area contributed by atoms with E-state index in [4.69, 9.17) is 4.74 Å². The van der Waals surface area contributed by atoms with Crippen molar-refractivity contribution < 1.29 is 4.74 Å². The second-order valence-corrected chi connectivity index (χ2v) is 5.88. The summed E-state index contributed by atoms with van der Waals surface area (Å²) >= 11 is 0. The molecule has 1 rings (SSSR count). The van der Waals surface area contributed by atoms with Gasteiger partial charge in [0.15, 0.2) is 5.96 Å². The first-order chi connectivity index (χ1) is 10.3. The molecule has 1 fully saturated rings. The number of nitrogens with zero attached hydrogens (tertiary/aromatic N) is 2. The number of rotatable bonds is 9. The van der Waals surface area contributed by atoms with Gasteiger partial charge in [0, 0.05) is 39.9 Å². The molecular weight excluding hydrogens is 391 g/mol. The van der Waals surface area contributed by atoms with E-state index in [-0.39, 0.29) is 24.0 Å². The molecule has 0 radical (unpaired) electrons. The highest BCUT2D eigenvalue weighted by Crippen LogP contribution is 2.15. The molecule has 132 valence electrons. The maximum atomic E-state index is 5.32. The van der Waals surface area contributed by atoms with Gasteiger partial charge in [-0.15, -0.1) is 24.0 Å². The van der Waals surface area contributed by atoms with E-state index in [1.54, 1.807) is 0 Å². The van der Waals surface area contributed by atoms with Gasteiger partial charge in [0.05, 0.1) is 0 Å². The van der Waals surface area contributed by atoms with E-state index < -0.39 is 0 Å². The van der Waals surface area contributed by atoms with Crippen molar-refractivity contribution in [2.24, 2.45) is 10.9 Å². The SMILES string of the molecule is CCOCCCNC(=NC)NCCCN1CCCC(C)C1.I. The number of halogens is 1. The van der Waals surface area contributed by atoms with Crippen molar-refractivity contribution in [1.29, 1.82) is 0 Å². The van der Waals surface area contributed by atoms with E-state index >= 15 is 0 Å². The number of ether oxygens (including phenoxy) is 1. The van der Waals surface area contributed by atoms with Crippen LogP contribution >= 0.6 is 24.0 Å². The van der Waals surface area contributed by atoms with Gasteiger partial charge in [-0.1, -0.05) is 6.92 Å². The van der Waals surface area contributed by atoms with Crippen molar-refractivity contribution in [2.75, 3.05) is 53.0 Å². The molecule has 0 aromatic carbocycles. The zero-order chi connectivity index (χ0) is 15.3. The van der Waals surface area contributed by atoms with E-state index in [0.717, 1.165) is 44.6 Å². The minimum absolute atomic E-state index is 0. The van der Waals surface area contributed by atoms with E-state index in [0.29, 0.717) is 0 Å². The van der Waals surface area contributed by atoms with Crippen LogP contribution in [0.5, 0.6) is 0 Å². The van der Waals surface area contributed by atoms with Crippen LogP contribution in [-0.2, 0) is 4.74 Å². The smallest absolute Gasteiger partial charge is 0.190 e. The lowest BCUT2D eigenvalue weighted by Gasteiger charge is -2.30. The Kier molecular flexibility index (Phi) is 14.5. The Bertz CT molecular complexity index is 289. The van der Waals surface area contributed by atoms with Gasteiger partial charge in [0.25, 0.3) is 0 Å². The molecule has 1 aliphatic heterocycles.